The van der Waals surface area contributed by atoms with E-state index < -0.39 is 11.7 Å². The van der Waals surface area contributed by atoms with Crippen molar-refractivity contribution in [3.8, 4) is 0 Å². The molecule has 6 nitrogen and oxygen atoms in total. The average molecular weight is 426 g/mol. The second-order valence-corrected chi connectivity index (χ2v) is 7.71. The van der Waals surface area contributed by atoms with Crippen molar-refractivity contribution in [2.45, 2.75) is 20.0 Å². The Morgan fingerprint density at radius 2 is 1.74 bits per heavy atom. The summed E-state index contributed by atoms with van der Waals surface area (Å²) in [5.41, 5.74) is 1.76. The van der Waals surface area contributed by atoms with Crippen molar-refractivity contribution in [3.63, 3.8) is 0 Å². The number of carbonyl (C=O) groups is 1. The quantitative estimate of drug-likeness (QED) is 0.649. The number of rotatable bonds is 6. The molecule has 0 spiro atoms. The summed E-state index contributed by atoms with van der Waals surface area (Å²) in [5, 5.41) is 2.53. The fourth-order valence-electron chi connectivity index (χ4n) is 3.57. The summed E-state index contributed by atoms with van der Waals surface area (Å²) in [4.78, 5) is 21.0. The molecular formula is C23H24F2N4O2. The lowest BCUT2D eigenvalue weighted by Gasteiger charge is -2.34. The zero-order chi connectivity index (χ0) is 21.8. The minimum atomic E-state index is -0.519. The van der Waals surface area contributed by atoms with E-state index in [2.05, 4.69) is 20.1 Å². The molecule has 162 valence electrons. The summed E-state index contributed by atoms with van der Waals surface area (Å²) in [5.74, 6) is -0.774. The molecule has 1 amide bonds. The predicted molar refractivity (Wildman–Crippen MR) is 113 cm³/mol. The summed E-state index contributed by atoms with van der Waals surface area (Å²) >= 11 is 0. The smallest absolute Gasteiger partial charge is 0.277 e. The van der Waals surface area contributed by atoms with Crippen molar-refractivity contribution in [3.05, 3.63) is 83.1 Å². The number of amides is 1. The molecule has 1 fully saturated rings. The molecule has 0 radical (unpaired) electrons. The van der Waals surface area contributed by atoms with E-state index in [9.17, 15) is 13.6 Å². The van der Waals surface area contributed by atoms with Gasteiger partial charge in [-0.25, -0.2) is 13.8 Å². The van der Waals surface area contributed by atoms with Crippen LogP contribution >= 0.6 is 0 Å². The van der Waals surface area contributed by atoms with Crippen LogP contribution in [0.3, 0.4) is 0 Å². The van der Waals surface area contributed by atoms with Gasteiger partial charge in [-0.3, -0.25) is 14.6 Å². The van der Waals surface area contributed by atoms with Gasteiger partial charge in [0.1, 0.15) is 17.9 Å². The van der Waals surface area contributed by atoms with Crippen LogP contribution in [0.5, 0.6) is 0 Å². The zero-order valence-electron chi connectivity index (χ0n) is 17.3. The molecule has 4 rings (SSSR count). The first kappa shape index (κ1) is 21.1. The molecule has 0 unspecified atom stereocenters. The molecule has 8 heteroatoms. The normalized spacial score (nSPS) is 15.2. The molecule has 0 bridgehead atoms. The average Bonchev–Trinajstić information content (AvgIpc) is 3.22. The number of piperazine rings is 1. The van der Waals surface area contributed by atoms with Gasteiger partial charge in [0.15, 0.2) is 5.69 Å². The van der Waals surface area contributed by atoms with Crippen molar-refractivity contribution in [2.24, 2.45) is 0 Å². The minimum absolute atomic E-state index is 0.106. The number of aromatic nitrogens is 1. The first-order valence-electron chi connectivity index (χ1n) is 10.2. The van der Waals surface area contributed by atoms with E-state index in [4.69, 9.17) is 4.42 Å². The molecule has 2 aromatic carbocycles. The highest BCUT2D eigenvalue weighted by molar-refractivity contribution is 6.02. The largest absolute Gasteiger partial charge is 0.447 e. The number of nitrogens with zero attached hydrogens (tertiary/aromatic N) is 3. The number of anilines is 1. The van der Waals surface area contributed by atoms with Gasteiger partial charge in [-0.05, 0) is 30.7 Å². The third-order valence-electron chi connectivity index (χ3n) is 5.33. The highest BCUT2D eigenvalue weighted by Gasteiger charge is 2.21. The number of hydrogen-bond acceptors (Lipinski definition) is 5. The van der Waals surface area contributed by atoms with Gasteiger partial charge in [0.05, 0.1) is 12.2 Å². The third-order valence-corrected chi connectivity index (χ3v) is 5.33. The number of benzene rings is 2. The molecule has 1 saturated heterocycles. The van der Waals surface area contributed by atoms with Crippen LogP contribution in [-0.4, -0.2) is 46.9 Å². The van der Waals surface area contributed by atoms with Crippen LogP contribution < -0.4 is 5.32 Å². The molecule has 0 aliphatic carbocycles. The number of oxazole rings is 1. The second kappa shape index (κ2) is 9.36. The lowest BCUT2D eigenvalue weighted by Crippen LogP contribution is -2.45. The van der Waals surface area contributed by atoms with E-state index >= 15 is 0 Å². The van der Waals surface area contributed by atoms with E-state index in [1.165, 1.54) is 18.4 Å². The Labute approximate surface area is 179 Å². The summed E-state index contributed by atoms with van der Waals surface area (Å²) in [6.45, 7) is 6.04. The van der Waals surface area contributed by atoms with Crippen LogP contribution in [0.1, 0.15) is 27.5 Å². The number of aryl methyl sites for hydroxylation is 1. The Balaban J connectivity index is 1.29. The van der Waals surface area contributed by atoms with Crippen LogP contribution in [0.25, 0.3) is 0 Å². The number of nitrogens with one attached hydrogen (secondary N) is 1. The molecule has 1 aliphatic heterocycles. The summed E-state index contributed by atoms with van der Waals surface area (Å²) in [6.07, 6.45) is 1.28. The molecule has 31 heavy (non-hydrogen) atoms. The molecular weight excluding hydrogens is 402 g/mol. The monoisotopic (exact) mass is 426 g/mol. The fraction of sp³-hybridized carbons (Fsp3) is 0.304. The highest BCUT2D eigenvalue weighted by Crippen LogP contribution is 2.18. The van der Waals surface area contributed by atoms with Crippen molar-refractivity contribution < 1.29 is 18.0 Å². The lowest BCUT2D eigenvalue weighted by molar-refractivity contribution is 0.102. The standard InChI is InChI=1S/C23H24F2N4O2/c1-16-6-7-19(25)20(12-16)27-23(30)21-15-31-22(26-21)14-29-10-8-28(9-11-29)13-17-4-2-3-5-18(17)24/h2-7,12,15H,8-11,13-14H2,1H3,(H,27,30). The van der Waals surface area contributed by atoms with Crippen LogP contribution in [0.4, 0.5) is 14.5 Å². The Morgan fingerprint density at radius 1 is 1.03 bits per heavy atom. The summed E-state index contributed by atoms with van der Waals surface area (Å²) in [7, 11) is 0. The molecule has 0 atom stereocenters. The van der Waals surface area contributed by atoms with E-state index in [-0.39, 0.29) is 17.2 Å². The van der Waals surface area contributed by atoms with Gasteiger partial charge in [0, 0.05) is 38.3 Å². The fourth-order valence-corrected chi connectivity index (χ4v) is 3.57. The zero-order valence-corrected chi connectivity index (χ0v) is 17.3. The van der Waals surface area contributed by atoms with Crippen LogP contribution in [0.15, 0.2) is 53.1 Å². The Kier molecular flexibility index (Phi) is 6.39. The molecule has 1 aromatic heterocycles. The van der Waals surface area contributed by atoms with Crippen molar-refractivity contribution in [2.75, 3.05) is 31.5 Å². The van der Waals surface area contributed by atoms with E-state index in [1.54, 1.807) is 18.2 Å². The molecule has 0 saturated carbocycles. The maximum atomic E-state index is 13.9. The highest BCUT2D eigenvalue weighted by atomic mass is 19.1. The van der Waals surface area contributed by atoms with Gasteiger partial charge < -0.3 is 9.73 Å². The van der Waals surface area contributed by atoms with E-state index in [0.29, 0.717) is 24.5 Å². The van der Waals surface area contributed by atoms with Gasteiger partial charge in [0.25, 0.3) is 5.91 Å². The van der Waals surface area contributed by atoms with Gasteiger partial charge in [-0.1, -0.05) is 24.3 Å². The van der Waals surface area contributed by atoms with E-state index in [1.807, 2.05) is 19.1 Å². The number of halogens is 2. The molecule has 2 heterocycles. The van der Waals surface area contributed by atoms with Gasteiger partial charge in [0.2, 0.25) is 5.89 Å². The van der Waals surface area contributed by atoms with Gasteiger partial charge in [-0.2, -0.15) is 0 Å². The SMILES string of the molecule is Cc1ccc(F)c(NC(=O)c2coc(CN3CCN(Cc4ccccc4F)CC3)n2)c1. The Morgan fingerprint density at radius 3 is 2.48 bits per heavy atom. The first-order chi connectivity index (χ1) is 15.0. The van der Waals surface area contributed by atoms with Crippen molar-refractivity contribution in [1.82, 2.24) is 14.8 Å². The molecule has 1 aliphatic rings. The molecule has 3 aromatic rings. The lowest BCUT2D eigenvalue weighted by atomic mass is 10.2. The number of hydrogen-bond donors (Lipinski definition) is 1. The topological polar surface area (TPSA) is 61.6 Å². The van der Waals surface area contributed by atoms with Crippen molar-refractivity contribution >= 4 is 11.6 Å². The van der Waals surface area contributed by atoms with Crippen LogP contribution in [0, 0.1) is 18.6 Å². The first-order valence-corrected chi connectivity index (χ1v) is 10.2. The maximum absolute atomic E-state index is 13.9. The van der Waals surface area contributed by atoms with Gasteiger partial charge >= 0.3 is 0 Å². The second-order valence-electron chi connectivity index (χ2n) is 7.71. The Bertz CT molecular complexity index is 1060. The Hall–Kier alpha value is -3.10. The summed E-state index contributed by atoms with van der Waals surface area (Å²) in [6, 6.07) is 11.3. The van der Waals surface area contributed by atoms with E-state index in [0.717, 1.165) is 31.7 Å². The number of carbonyl (C=O) groups excluding carboxylic acids is 1. The van der Waals surface area contributed by atoms with Crippen molar-refractivity contribution in [1.29, 1.82) is 0 Å². The third kappa shape index (κ3) is 5.34. The predicted octanol–water partition coefficient (Wildman–Crippen LogP) is 3.83. The summed E-state index contributed by atoms with van der Waals surface area (Å²) < 4.78 is 33.2. The van der Waals surface area contributed by atoms with Crippen LogP contribution in [-0.2, 0) is 13.1 Å². The maximum Gasteiger partial charge on any atom is 0.277 e. The molecule has 1 N–H and O–H groups in total. The van der Waals surface area contributed by atoms with Crippen LogP contribution in [0.2, 0.25) is 0 Å². The van der Waals surface area contributed by atoms with Gasteiger partial charge in [-0.15, -0.1) is 0 Å². The minimum Gasteiger partial charge on any atom is -0.447 e.